The lowest BCUT2D eigenvalue weighted by Crippen LogP contribution is -2.38. The number of aliphatic hydroxyl groups is 1. The van der Waals surface area contributed by atoms with Crippen molar-refractivity contribution in [3.8, 4) is 11.5 Å². The Kier molecular flexibility index (Phi) is 4.02. The van der Waals surface area contributed by atoms with E-state index in [4.69, 9.17) is 4.74 Å². The maximum atomic E-state index is 12.4. The fourth-order valence-electron chi connectivity index (χ4n) is 3.28. The Bertz CT molecular complexity index is 657. The molecular weight excluding hydrogens is 298 g/mol. The van der Waals surface area contributed by atoms with Crippen LogP contribution in [0.15, 0.2) is 12.1 Å². The Morgan fingerprint density at radius 2 is 2.00 bits per heavy atom. The van der Waals surface area contributed by atoms with Crippen LogP contribution in [0.4, 0.5) is 5.69 Å². The highest BCUT2D eigenvalue weighted by Gasteiger charge is 2.35. The molecule has 0 aliphatic carbocycles. The van der Waals surface area contributed by atoms with E-state index in [1.54, 1.807) is 19.9 Å². The molecule has 0 aromatic heterocycles. The van der Waals surface area contributed by atoms with Gasteiger partial charge in [-0.1, -0.05) is 6.92 Å². The van der Waals surface area contributed by atoms with Crippen molar-refractivity contribution in [3.05, 3.63) is 17.7 Å². The SMILES string of the molecule is C[C@@H]1C(=O)Nc2cc(O)cc3c2O[C@H](C[C@@H](C)C1=O)[C@@H](O)CC3. The number of Topliss-reactive ketones (excluding diaryl/α,β-unsaturated/α-hetero) is 1. The first kappa shape index (κ1) is 15.8. The van der Waals surface area contributed by atoms with Crippen molar-refractivity contribution >= 4 is 17.4 Å². The molecule has 0 spiro atoms. The fourth-order valence-corrected chi connectivity index (χ4v) is 3.28. The monoisotopic (exact) mass is 319 g/mol. The molecule has 0 unspecified atom stereocenters. The molecule has 124 valence electrons. The van der Waals surface area contributed by atoms with Crippen LogP contribution in [0.3, 0.4) is 0 Å². The van der Waals surface area contributed by atoms with Crippen LogP contribution < -0.4 is 10.1 Å². The van der Waals surface area contributed by atoms with Crippen LogP contribution in [0.25, 0.3) is 0 Å². The molecule has 4 atom stereocenters. The van der Waals surface area contributed by atoms with E-state index in [1.807, 2.05) is 0 Å². The lowest BCUT2D eigenvalue weighted by molar-refractivity contribution is -0.133. The largest absolute Gasteiger partial charge is 0.508 e. The molecule has 6 heteroatoms. The Morgan fingerprint density at radius 1 is 1.26 bits per heavy atom. The highest BCUT2D eigenvalue weighted by molar-refractivity contribution is 6.08. The number of aromatic hydroxyl groups is 1. The molecule has 0 saturated carbocycles. The van der Waals surface area contributed by atoms with Gasteiger partial charge in [-0.25, -0.2) is 0 Å². The zero-order chi connectivity index (χ0) is 16.7. The van der Waals surface area contributed by atoms with Gasteiger partial charge in [-0.2, -0.15) is 0 Å². The van der Waals surface area contributed by atoms with E-state index >= 15 is 0 Å². The van der Waals surface area contributed by atoms with Crippen LogP contribution >= 0.6 is 0 Å². The topological polar surface area (TPSA) is 95.9 Å². The molecule has 2 heterocycles. The standard InChI is InChI=1S/C17H21NO5/c1-8-5-14-13(20)4-3-10-6-11(19)7-12(16(10)23-14)18-17(22)9(2)15(8)21/h6-9,13-14,19-20H,3-5H2,1-2H3,(H,18,22)/t8-,9+,13+,14-/m1/s1. The Morgan fingerprint density at radius 3 is 2.74 bits per heavy atom. The predicted molar refractivity (Wildman–Crippen MR) is 83.4 cm³/mol. The second kappa shape index (κ2) is 5.85. The molecule has 2 aliphatic rings. The van der Waals surface area contributed by atoms with Gasteiger partial charge in [0, 0.05) is 17.5 Å². The zero-order valence-electron chi connectivity index (χ0n) is 13.2. The summed E-state index contributed by atoms with van der Waals surface area (Å²) in [5.74, 6) is -1.27. The molecule has 1 amide bonds. The number of fused-ring (bicyclic) bond motifs is 1. The third-order valence-electron chi connectivity index (χ3n) is 4.71. The van der Waals surface area contributed by atoms with Crippen molar-refractivity contribution in [1.29, 1.82) is 0 Å². The molecule has 2 bridgehead atoms. The average molecular weight is 319 g/mol. The normalized spacial score (nSPS) is 30.9. The van der Waals surface area contributed by atoms with Crippen LogP contribution in [0, 0.1) is 11.8 Å². The number of aryl methyl sites for hydroxylation is 1. The number of hydrogen-bond acceptors (Lipinski definition) is 5. The number of phenols is 1. The molecule has 23 heavy (non-hydrogen) atoms. The number of nitrogens with one attached hydrogen (secondary N) is 1. The van der Waals surface area contributed by atoms with Gasteiger partial charge >= 0.3 is 0 Å². The smallest absolute Gasteiger partial charge is 0.234 e. The van der Waals surface area contributed by atoms with Crippen LogP contribution in [-0.2, 0) is 16.0 Å². The summed E-state index contributed by atoms with van der Waals surface area (Å²) in [5.41, 5.74) is 1.09. The average Bonchev–Trinajstić information content (AvgIpc) is 2.65. The Labute approximate surface area is 134 Å². The lowest BCUT2D eigenvalue weighted by Gasteiger charge is -2.28. The summed E-state index contributed by atoms with van der Waals surface area (Å²) in [6.45, 7) is 3.33. The van der Waals surface area contributed by atoms with E-state index in [0.717, 1.165) is 5.56 Å². The first-order chi connectivity index (χ1) is 10.9. The molecule has 1 aromatic carbocycles. The molecule has 0 fully saturated rings. The van der Waals surface area contributed by atoms with Gasteiger partial charge in [-0.15, -0.1) is 0 Å². The molecule has 1 aromatic rings. The first-order valence-corrected chi connectivity index (χ1v) is 7.92. The molecule has 0 saturated heterocycles. The third-order valence-corrected chi connectivity index (χ3v) is 4.71. The van der Waals surface area contributed by atoms with E-state index in [0.29, 0.717) is 30.7 Å². The predicted octanol–water partition coefficient (Wildman–Crippen LogP) is 1.63. The minimum absolute atomic E-state index is 0.0139. The van der Waals surface area contributed by atoms with Gasteiger partial charge in [-0.3, -0.25) is 9.59 Å². The van der Waals surface area contributed by atoms with Gasteiger partial charge in [-0.05, 0) is 32.3 Å². The van der Waals surface area contributed by atoms with Gasteiger partial charge in [0.2, 0.25) is 5.91 Å². The maximum absolute atomic E-state index is 12.4. The summed E-state index contributed by atoms with van der Waals surface area (Å²) in [6.07, 6.45) is 0.156. The van der Waals surface area contributed by atoms with Crippen LogP contribution in [0.2, 0.25) is 0 Å². The highest BCUT2D eigenvalue weighted by atomic mass is 16.5. The van der Waals surface area contributed by atoms with E-state index in [1.165, 1.54) is 6.07 Å². The van der Waals surface area contributed by atoms with Crippen molar-refractivity contribution in [3.63, 3.8) is 0 Å². The van der Waals surface area contributed by atoms with Gasteiger partial charge in [0.15, 0.2) is 0 Å². The molecule has 3 rings (SSSR count). The first-order valence-electron chi connectivity index (χ1n) is 7.92. The lowest BCUT2D eigenvalue weighted by atomic mass is 9.88. The summed E-state index contributed by atoms with van der Waals surface area (Å²) >= 11 is 0. The number of anilines is 1. The Balaban J connectivity index is 2.11. The van der Waals surface area contributed by atoms with Crippen LogP contribution in [0.1, 0.15) is 32.3 Å². The highest BCUT2D eigenvalue weighted by Crippen LogP contribution is 2.39. The van der Waals surface area contributed by atoms with Crippen LogP contribution in [0.5, 0.6) is 11.5 Å². The minimum atomic E-state index is -0.791. The number of benzene rings is 1. The number of carbonyl (C=O) groups excluding carboxylic acids is 2. The molecule has 3 N–H and O–H groups in total. The van der Waals surface area contributed by atoms with Crippen molar-refractivity contribution in [2.45, 2.75) is 45.3 Å². The van der Waals surface area contributed by atoms with E-state index < -0.39 is 24.0 Å². The van der Waals surface area contributed by atoms with Gasteiger partial charge in [0.1, 0.15) is 23.4 Å². The number of rotatable bonds is 0. The van der Waals surface area contributed by atoms with Crippen molar-refractivity contribution in [1.82, 2.24) is 0 Å². The maximum Gasteiger partial charge on any atom is 0.234 e. The van der Waals surface area contributed by atoms with E-state index in [-0.39, 0.29) is 17.5 Å². The number of carbonyl (C=O) groups is 2. The molecule has 0 radical (unpaired) electrons. The minimum Gasteiger partial charge on any atom is -0.508 e. The van der Waals surface area contributed by atoms with Crippen LogP contribution in [-0.4, -0.2) is 34.1 Å². The summed E-state index contributed by atoms with van der Waals surface area (Å²) in [4.78, 5) is 24.7. The van der Waals surface area contributed by atoms with Crippen molar-refractivity contribution in [2.24, 2.45) is 11.8 Å². The fraction of sp³-hybridized carbons (Fsp3) is 0.529. The van der Waals surface area contributed by atoms with Gasteiger partial charge in [0.25, 0.3) is 0 Å². The zero-order valence-corrected chi connectivity index (χ0v) is 13.2. The number of amides is 1. The molecule has 6 nitrogen and oxygen atoms in total. The second-order valence-electron chi connectivity index (χ2n) is 6.49. The summed E-state index contributed by atoms with van der Waals surface area (Å²) in [7, 11) is 0. The number of aliphatic hydroxyl groups excluding tert-OH is 1. The second-order valence-corrected chi connectivity index (χ2v) is 6.49. The number of ether oxygens (including phenoxy) is 1. The number of ketones is 1. The van der Waals surface area contributed by atoms with E-state index in [9.17, 15) is 19.8 Å². The van der Waals surface area contributed by atoms with Crippen molar-refractivity contribution < 1.29 is 24.5 Å². The quantitative estimate of drug-likeness (QED) is 0.632. The summed E-state index contributed by atoms with van der Waals surface area (Å²) in [6, 6.07) is 3.00. The molecule has 2 aliphatic heterocycles. The summed E-state index contributed by atoms with van der Waals surface area (Å²) in [5, 5.41) is 22.9. The third kappa shape index (κ3) is 2.91. The van der Waals surface area contributed by atoms with Gasteiger partial charge in [0.05, 0.1) is 17.7 Å². The number of phenolic OH excluding ortho intramolecular Hbond substituents is 1. The van der Waals surface area contributed by atoms with Gasteiger partial charge < -0.3 is 20.3 Å². The number of hydrogen-bond donors (Lipinski definition) is 3. The summed E-state index contributed by atoms with van der Waals surface area (Å²) < 4.78 is 5.96. The van der Waals surface area contributed by atoms with Crippen molar-refractivity contribution in [2.75, 3.05) is 5.32 Å². The van der Waals surface area contributed by atoms with E-state index in [2.05, 4.69) is 5.32 Å². The Hall–Kier alpha value is -2.08. The molecular formula is C17H21NO5.